The summed E-state index contributed by atoms with van der Waals surface area (Å²) in [6.07, 6.45) is 0.870. The minimum absolute atomic E-state index is 0.0268. The Morgan fingerprint density at radius 2 is 1.96 bits per heavy atom. The molecule has 1 aromatic rings. The van der Waals surface area contributed by atoms with Crippen molar-refractivity contribution in [3.05, 3.63) is 18.2 Å². The molecular weight excluding hydrogens is 308 g/mol. The van der Waals surface area contributed by atoms with Gasteiger partial charge >= 0.3 is 0 Å². The number of guanidine groups is 1. The fourth-order valence-electron chi connectivity index (χ4n) is 2.28. The number of hydrogen-bond donors (Lipinski definition) is 3. The largest absolute Gasteiger partial charge is 0.490 e. The Hall–Kier alpha value is -2.44. The molecule has 0 unspecified atom stereocenters. The second-order valence-electron chi connectivity index (χ2n) is 6.23. The highest BCUT2D eigenvalue weighted by molar-refractivity contribution is 5.94. The zero-order chi connectivity index (χ0) is 17.6. The fraction of sp³-hybridized carbons (Fsp3) is 0.529. The van der Waals surface area contributed by atoms with Gasteiger partial charge in [0.25, 0.3) is 0 Å². The highest BCUT2D eigenvalue weighted by Gasteiger charge is 2.26. The lowest BCUT2D eigenvalue weighted by molar-refractivity contribution is -0.128. The van der Waals surface area contributed by atoms with Crippen LogP contribution in [0.25, 0.3) is 0 Å². The van der Waals surface area contributed by atoms with Crippen LogP contribution in [0.5, 0.6) is 11.5 Å². The van der Waals surface area contributed by atoms with Crippen molar-refractivity contribution in [2.75, 3.05) is 39.2 Å². The third-order valence-electron chi connectivity index (χ3n) is 3.77. The van der Waals surface area contributed by atoms with Gasteiger partial charge in [-0.25, -0.2) is 0 Å². The van der Waals surface area contributed by atoms with E-state index in [-0.39, 0.29) is 5.91 Å². The van der Waals surface area contributed by atoms with E-state index in [2.05, 4.69) is 20.9 Å². The highest BCUT2D eigenvalue weighted by atomic mass is 16.5. The van der Waals surface area contributed by atoms with E-state index in [1.165, 1.54) is 0 Å². The molecule has 1 aliphatic rings. The molecule has 0 saturated heterocycles. The number of carbonyl (C=O) groups excluding carboxylic acids is 1. The van der Waals surface area contributed by atoms with E-state index in [9.17, 15) is 4.79 Å². The predicted molar refractivity (Wildman–Crippen MR) is 94.9 cm³/mol. The predicted octanol–water partition coefficient (Wildman–Crippen LogP) is 1.61. The summed E-state index contributed by atoms with van der Waals surface area (Å²) in [4.78, 5) is 16.0. The molecule has 0 bridgehead atoms. The van der Waals surface area contributed by atoms with Crippen molar-refractivity contribution in [3.63, 3.8) is 0 Å². The molecule has 7 nitrogen and oxygen atoms in total. The van der Waals surface area contributed by atoms with Crippen LogP contribution >= 0.6 is 0 Å². The van der Waals surface area contributed by atoms with Crippen LogP contribution in [0.1, 0.15) is 20.3 Å². The van der Waals surface area contributed by atoms with Crippen LogP contribution < -0.4 is 25.4 Å². The summed E-state index contributed by atoms with van der Waals surface area (Å²) < 4.78 is 11.3. The van der Waals surface area contributed by atoms with Gasteiger partial charge in [-0.3, -0.25) is 9.79 Å². The number of nitrogens with one attached hydrogen (secondary N) is 3. The monoisotopic (exact) mass is 334 g/mol. The van der Waals surface area contributed by atoms with Gasteiger partial charge in [-0.05, 0) is 26.0 Å². The normalized spacial score (nSPS) is 14.6. The number of benzene rings is 1. The number of aliphatic imine (C=N–C) groups is 1. The summed E-state index contributed by atoms with van der Waals surface area (Å²) >= 11 is 0. The molecule has 3 N–H and O–H groups in total. The highest BCUT2D eigenvalue weighted by Crippen LogP contribution is 2.32. The molecule has 7 heteroatoms. The number of fused-ring (bicyclic) bond motifs is 1. The maximum Gasteiger partial charge on any atom is 0.227 e. The van der Waals surface area contributed by atoms with Gasteiger partial charge < -0.3 is 25.4 Å². The Bertz CT molecular complexity index is 614. The van der Waals surface area contributed by atoms with Gasteiger partial charge in [0.05, 0.1) is 18.6 Å². The lowest BCUT2D eigenvalue weighted by Gasteiger charge is -2.24. The van der Waals surface area contributed by atoms with Crippen LogP contribution in [0.3, 0.4) is 0 Å². The van der Waals surface area contributed by atoms with Gasteiger partial charge in [0, 0.05) is 38.8 Å². The number of carbonyl (C=O) groups is 1. The maximum absolute atomic E-state index is 11.8. The lowest BCUT2D eigenvalue weighted by Crippen LogP contribution is -2.45. The molecule has 1 aromatic carbocycles. The van der Waals surface area contributed by atoms with Crippen LogP contribution in [-0.4, -0.2) is 45.7 Å². The van der Waals surface area contributed by atoms with Crippen LogP contribution in [0.4, 0.5) is 5.69 Å². The summed E-state index contributed by atoms with van der Waals surface area (Å²) in [7, 11) is 3.32. The van der Waals surface area contributed by atoms with Crippen molar-refractivity contribution < 1.29 is 14.3 Å². The molecule has 0 fully saturated rings. The van der Waals surface area contributed by atoms with Gasteiger partial charge in [0.1, 0.15) is 0 Å². The zero-order valence-electron chi connectivity index (χ0n) is 14.7. The van der Waals surface area contributed by atoms with Gasteiger partial charge in [0.15, 0.2) is 17.5 Å². The van der Waals surface area contributed by atoms with Crippen LogP contribution in [0, 0.1) is 5.41 Å². The third-order valence-corrected chi connectivity index (χ3v) is 3.77. The van der Waals surface area contributed by atoms with Crippen LogP contribution in [0.2, 0.25) is 0 Å². The first-order valence-corrected chi connectivity index (χ1v) is 8.06. The summed E-state index contributed by atoms with van der Waals surface area (Å²) in [6, 6.07) is 5.67. The van der Waals surface area contributed by atoms with E-state index in [1.807, 2.05) is 32.0 Å². The molecule has 0 aromatic heterocycles. The van der Waals surface area contributed by atoms with Gasteiger partial charge in [-0.15, -0.1) is 0 Å². The van der Waals surface area contributed by atoms with E-state index in [0.29, 0.717) is 25.7 Å². The standard InChI is InChI=1S/C17H26N4O3/c1-17(2,15(22)18-3)11-20-16(19-4)21-12-6-7-13-14(10-12)24-9-5-8-23-13/h6-7,10H,5,8-9,11H2,1-4H3,(H,18,22)(H2,19,20,21). The smallest absolute Gasteiger partial charge is 0.227 e. The number of hydrogen-bond acceptors (Lipinski definition) is 4. The number of rotatable bonds is 4. The average Bonchev–Trinajstić information content (AvgIpc) is 2.82. The van der Waals surface area contributed by atoms with Gasteiger partial charge in [-0.2, -0.15) is 0 Å². The first-order valence-electron chi connectivity index (χ1n) is 8.06. The quantitative estimate of drug-likeness (QED) is 0.575. The van der Waals surface area contributed by atoms with Crippen molar-refractivity contribution in [2.24, 2.45) is 10.4 Å². The first-order chi connectivity index (χ1) is 11.5. The Morgan fingerprint density at radius 3 is 2.62 bits per heavy atom. The Kier molecular flexibility index (Phi) is 5.89. The zero-order valence-corrected chi connectivity index (χ0v) is 14.7. The van der Waals surface area contributed by atoms with Crippen molar-refractivity contribution in [1.29, 1.82) is 0 Å². The van der Waals surface area contributed by atoms with E-state index in [4.69, 9.17) is 9.47 Å². The Balaban J connectivity index is 2.01. The molecule has 0 saturated carbocycles. The molecule has 1 aliphatic heterocycles. The minimum Gasteiger partial charge on any atom is -0.490 e. The third kappa shape index (κ3) is 4.53. The summed E-state index contributed by atoms with van der Waals surface area (Å²) in [5, 5.41) is 9.04. The maximum atomic E-state index is 11.8. The number of amides is 1. The summed E-state index contributed by atoms with van der Waals surface area (Å²) in [6.45, 7) is 5.51. The van der Waals surface area contributed by atoms with Crippen molar-refractivity contribution in [1.82, 2.24) is 10.6 Å². The number of anilines is 1. The number of ether oxygens (including phenoxy) is 2. The average molecular weight is 334 g/mol. The molecule has 0 atom stereocenters. The van der Waals surface area contributed by atoms with Crippen molar-refractivity contribution >= 4 is 17.6 Å². The summed E-state index contributed by atoms with van der Waals surface area (Å²) in [5.41, 5.74) is 0.294. The Labute approximate surface area is 142 Å². The second-order valence-corrected chi connectivity index (χ2v) is 6.23. The van der Waals surface area contributed by atoms with E-state index in [0.717, 1.165) is 23.6 Å². The van der Waals surface area contributed by atoms with Crippen molar-refractivity contribution in [3.8, 4) is 11.5 Å². The molecular formula is C17H26N4O3. The fourth-order valence-corrected chi connectivity index (χ4v) is 2.28. The molecule has 0 aliphatic carbocycles. The van der Waals surface area contributed by atoms with E-state index >= 15 is 0 Å². The molecule has 24 heavy (non-hydrogen) atoms. The van der Waals surface area contributed by atoms with E-state index < -0.39 is 5.41 Å². The van der Waals surface area contributed by atoms with E-state index in [1.54, 1.807) is 14.1 Å². The minimum atomic E-state index is -0.545. The molecule has 0 radical (unpaired) electrons. The lowest BCUT2D eigenvalue weighted by atomic mass is 9.92. The van der Waals surface area contributed by atoms with Gasteiger partial charge in [-0.1, -0.05) is 0 Å². The molecule has 2 rings (SSSR count). The molecule has 132 valence electrons. The van der Waals surface area contributed by atoms with Gasteiger partial charge in [0.2, 0.25) is 5.91 Å². The SMILES string of the molecule is CN=C(NCC(C)(C)C(=O)NC)Nc1ccc2c(c1)OCCCO2. The number of nitrogens with zero attached hydrogens (tertiary/aromatic N) is 1. The second kappa shape index (κ2) is 7.90. The topological polar surface area (TPSA) is 84.0 Å². The molecule has 1 amide bonds. The van der Waals surface area contributed by atoms with Crippen LogP contribution in [-0.2, 0) is 4.79 Å². The molecule has 1 heterocycles. The van der Waals surface area contributed by atoms with Crippen LogP contribution in [0.15, 0.2) is 23.2 Å². The first kappa shape index (κ1) is 17.9. The Morgan fingerprint density at radius 1 is 1.25 bits per heavy atom. The molecule has 0 spiro atoms. The van der Waals surface area contributed by atoms with Crippen molar-refractivity contribution in [2.45, 2.75) is 20.3 Å². The summed E-state index contributed by atoms with van der Waals surface area (Å²) in [5.74, 6) is 2.03.